The number of nitro benzene ring substituents is 1. The summed E-state index contributed by atoms with van der Waals surface area (Å²) in [7, 11) is 0. The molecular formula is C12H8N4O3S. The van der Waals surface area contributed by atoms with Gasteiger partial charge in [-0.05, 0) is 19.1 Å². The van der Waals surface area contributed by atoms with Crippen molar-refractivity contribution in [2.24, 2.45) is 0 Å². The lowest BCUT2D eigenvalue weighted by Gasteiger charge is -1.98. The molecule has 2 aromatic heterocycles. The van der Waals surface area contributed by atoms with Crippen molar-refractivity contribution < 1.29 is 9.72 Å². The van der Waals surface area contributed by atoms with Crippen LogP contribution in [0.3, 0.4) is 0 Å². The summed E-state index contributed by atoms with van der Waals surface area (Å²) in [6, 6.07) is 5.92. The molecule has 0 aliphatic heterocycles. The highest BCUT2D eigenvalue weighted by Gasteiger charge is 2.17. The van der Waals surface area contributed by atoms with Crippen LogP contribution in [0.1, 0.15) is 15.5 Å². The van der Waals surface area contributed by atoms with Crippen LogP contribution in [0.4, 0.5) is 5.69 Å². The molecule has 0 amide bonds. The first kappa shape index (κ1) is 12.4. The first-order chi connectivity index (χ1) is 9.60. The molecule has 0 bridgehead atoms. The third-order valence-electron chi connectivity index (χ3n) is 2.80. The fraction of sp³-hybridized carbons (Fsp3) is 0.0833. The number of aldehydes is 1. The van der Waals surface area contributed by atoms with E-state index in [1.54, 1.807) is 12.1 Å². The monoisotopic (exact) mass is 288 g/mol. The van der Waals surface area contributed by atoms with Gasteiger partial charge in [0, 0.05) is 17.7 Å². The highest BCUT2D eigenvalue weighted by Crippen LogP contribution is 2.27. The van der Waals surface area contributed by atoms with E-state index >= 15 is 0 Å². The first-order valence-electron chi connectivity index (χ1n) is 5.66. The Kier molecular flexibility index (Phi) is 2.79. The van der Waals surface area contributed by atoms with Gasteiger partial charge in [0.2, 0.25) is 4.96 Å². The number of rotatable bonds is 3. The average Bonchev–Trinajstić information content (AvgIpc) is 2.94. The number of imidazole rings is 1. The standard InChI is InChI=1S/C12H8N4O3S/c1-7-14-15-10(6-17)11(13-12(15)20-7)8-2-4-9(5-3-8)16(18)19/h2-6H,1H3. The number of nitrogens with zero attached hydrogens (tertiary/aromatic N) is 4. The van der Waals surface area contributed by atoms with Gasteiger partial charge in [0.05, 0.1) is 4.92 Å². The van der Waals surface area contributed by atoms with E-state index in [4.69, 9.17) is 0 Å². The van der Waals surface area contributed by atoms with E-state index in [0.29, 0.717) is 28.2 Å². The van der Waals surface area contributed by atoms with Crippen LogP contribution in [0, 0.1) is 17.0 Å². The lowest BCUT2D eigenvalue weighted by atomic mass is 10.1. The summed E-state index contributed by atoms with van der Waals surface area (Å²) < 4.78 is 1.49. The molecule has 0 N–H and O–H groups in total. The number of benzene rings is 1. The number of hydrogen-bond acceptors (Lipinski definition) is 6. The van der Waals surface area contributed by atoms with Crippen molar-refractivity contribution in [2.75, 3.05) is 0 Å². The van der Waals surface area contributed by atoms with Gasteiger partial charge in [0.1, 0.15) is 16.4 Å². The molecule has 0 aliphatic rings. The Labute approximate surface area is 116 Å². The summed E-state index contributed by atoms with van der Waals surface area (Å²) in [6.07, 6.45) is 0.690. The summed E-state index contributed by atoms with van der Waals surface area (Å²) in [5.41, 5.74) is 1.47. The average molecular weight is 288 g/mol. The minimum Gasteiger partial charge on any atom is -0.296 e. The van der Waals surface area contributed by atoms with Gasteiger partial charge in [-0.3, -0.25) is 14.9 Å². The number of hydrogen-bond donors (Lipinski definition) is 0. The van der Waals surface area contributed by atoms with Gasteiger partial charge in [-0.1, -0.05) is 11.3 Å². The van der Waals surface area contributed by atoms with Crippen LogP contribution in [0.2, 0.25) is 0 Å². The van der Waals surface area contributed by atoms with Crippen LogP contribution in [0.25, 0.3) is 16.2 Å². The minimum atomic E-state index is -0.471. The molecule has 8 heteroatoms. The van der Waals surface area contributed by atoms with E-state index in [1.165, 1.54) is 28.0 Å². The molecule has 2 heterocycles. The Morgan fingerprint density at radius 3 is 2.65 bits per heavy atom. The van der Waals surface area contributed by atoms with Crippen molar-refractivity contribution in [3.8, 4) is 11.3 Å². The Morgan fingerprint density at radius 2 is 2.05 bits per heavy atom. The van der Waals surface area contributed by atoms with Gasteiger partial charge in [-0.25, -0.2) is 4.98 Å². The Hall–Kier alpha value is -2.61. The normalized spacial score (nSPS) is 10.8. The number of non-ortho nitro benzene ring substituents is 1. The van der Waals surface area contributed by atoms with Gasteiger partial charge in [-0.2, -0.15) is 9.61 Å². The molecule has 0 aliphatic carbocycles. The van der Waals surface area contributed by atoms with Crippen LogP contribution < -0.4 is 0 Å². The van der Waals surface area contributed by atoms with Gasteiger partial charge in [0.15, 0.2) is 6.29 Å². The van der Waals surface area contributed by atoms with Crippen LogP contribution in [0.15, 0.2) is 24.3 Å². The van der Waals surface area contributed by atoms with E-state index in [0.717, 1.165) is 5.01 Å². The maximum atomic E-state index is 11.3. The zero-order valence-electron chi connectivity index (χ0n) is 10.3. The van der Waals surface area contributed by atoms with Crippen molar-refractivity contribution in [1.29, 1.82) is 0 Å². The largest absolute Gasteiger partial charge is 0.296 e. The van der Waals surface area contributed by atoms with E-state index in [9.17, 15) is 14.9 Å². The molecule has 0 unspecified atom stereocenters. The van der Waals surface area contributed by atoms with Crippen molar-refractivity contribution in [2.45, 2.75) is 6.92 Å². The molecule has 100 valence electrons. The summed E-state index contributed by atoms with van der Waals surface area (Å²) >= 11 is 1.38. The maximum Gasteiger partial charge on any atom is 0.269 e. The summed E-state index contributed by atoms with van der Waals surface area (Å²) in [5.74, 6) is 0. The molecule has 0 spiro atoms. The lowest BCUT2D eigenvalue weighted by Crippen LogP contribution is -1.94. The van der Waals surface area contributed by atoms with Crippen molar-refractivity contribution in [3.63, 3.8) is 0 Å². The molecule has 3 aromatic rings. The van der Waals surface area contributed by atoms with E-state index < -0.39 is 4.92 Å². The lowest BCUT2D eigenvalue weighted by molar-refractivity contribution is -0.384. The fourth-order valence-corrected chi connectivity index (χ4v) is 2.67. The van der Waals surface area contributed by atoms with Crippen molar-refractivity contribution >= 4 is 28.3 Å². The van der Waals surface area contributed by atoms with Gasteiger partial charge >= 0.3 is 0 Å². The molecule has 0 atom stereocenters. The quantitative estimate of drug-likeness (QED) is 0.419. The number of aromatic nitrogens is 3. The summed E-state index contributed by atoms with van der Waals surface area (Å²) in [5, 5.41) is 15.7. The second kappa shape index (κ2) is 4.49. The van der Waals surface area contributed by atoms with Gasteiger partial charge in [-0.15, -0.1) is 0 Å². The molecule has 7 nitrogen and oxygen atoms in total. The maximum absolute atomic E-state index is 11.3. The molecule has 0 fully saturated rings. The smallest absolute Gasteiger partial charge is 0.269 e. The van der Waals surface area contributed by atoms with Gasteiger partial charge < -0.3 is 0 Å². The van der Waals surface area contributed by atoms with E-state index in [2.05, 4.69) is 10.1 Å². The molecule has 20 heavy (non-hydrogen) atoms. The number of fused-ring (bicyclic) bond motifs is 1. The summed E-state index contributed by atoms with van der Waals surface area (Å²) in [4.78, 5) is 26.4. The predicted molar refractivity (Wildman–Crippen MR) is 73.1 cm³/mol. The van der Waals surface area contributed by atoms with Crippen LogP contribution in [0.5, 0.6) is 0 Å². The second-order valence-corrected chi connectivity index (χ2v) is 5.24. The number of carbonyl (C=O) groups excluding carboxylic acids is 1. The number of carbonyl (C=O) groups is 1. The second-order valence-electron chi connectivity index (χ2n) is 4.08. The van der Waals surface area contributed by atoms with Crippen molar-refractivity contribution in [1.82, 2.24) is 14.6 Å². The minimum absolute atomic E-state index is 0.00334. The zero-order valence-corrected chi connectivity index (χ0v) is 11.1. The topological polar surface area (TPSA) is 90.4 Å². The predicted octanol–water partition coefficient (Wildman–Crippen LogP) is 2.49. The van der Waals surface area contributed by atoms with Gasteiger partial charge in [0.25, 0.3) is 5.69 Å². The third-order valence-corrected chi connectivity index (χ3v) is 3.63. The van der Waals surface area contributed by atoms with Crippen LogP contribution in [-0.4, -0.2) is 25.8 Å². The molecule has 1 aromatic carbocycles. The van der Waals surface area contributed by atoms with E-state index in [-0.39, 0.29) is 5.69 Å². The first-order valence-corrected chi connectivity index (χ1v) is 6.48. The highest BCUT2D eigenvalue weighted by atomic mass is 32.1. The molecular weight excluding hydrogens is 280 g/mol. The highest BCUT2D eigenvalue weighted by molar-refractivity contribution is 7.16. The summed E-state index contributed by atoms with van der Waals surface area (Å²) in [6.45, 7) is 1.83. The van der Waals surface area contributed by atoms with E-state index in [1.807, 2.05) is 6.92 Å². The Morgan fingerprint density at radius 1 is 1.35 bits per heavy atom. The SMILES string of the molecule is Cc1nn2c(C=O)c(-c3ccc([N+](=O)[O-])cc3)nc2s1. The van der Waals surface area contributed by atoms with Crippen molar-refractivity contribution in [3.05, 3.63) is 45.1 Å². The fourth-order valence-electron chi connectivity index (χ4n) is 1.92. The number of aryl methyl sites for hydroxylation is 1. The Balaban J connectivity index is 2.15. The molecule has 3 rings (SSSR count). The Bertz CT molecular complexity index is 819. The van der Waals surface area contributed by atoms with Crippen LogP contribution >= 0.6 is 11.3 Å². The molecule has 0 saturated carbocycles. The van der Waals surface area contributed by atoms with Crippen LogP contribution in [-0.2, 0) is 0 Å². The number of nitro groups is 1. The zero-order chi connectivity index (χ0) is 14.3. The molecule has 0 radical (unpaired) electrons. The molecule has 0 saturated heterocycles. The third kappa shape index (κ3) is 1.86.